The number of hydrogen-bond donors (Lipinski definition) is 2. The minimum absolute atomic E-state index is 0.196. The first-order valence-corrected chi connectivity index (χ1v) is 6.51. The number of carbonyl (C=O) groups is 2. The monoisotopic (exact) mass is 277 g/mol. The molecule has 1 fully saturated rings. The van der Waals surface area contributed by atoms with Gasteiger partial charge in [-0.15, -0.1) is 0 Å². The van der Waals surface area contributed by atoms with Gasteiger partial charge in [0.2, 0.25) is 5.91 Å². The number of amides is 1. The van der Waals surface area contributed by atoms with Crippen LogP contribution in [-0.4, -0.2) is 24.1 Å². The summed E-state index contributed by atoms with van der Waals surface area (Å²) in [7, 11) is 1.60. The fraction of sp³-hybridized carbons (Fsp3) is 0.467. The van der Waals surface area contributed by atoms with Crippen molar-refractivity contribution in [3.8, 4) is 5.75 Å². The highest BCUT2D eigenvalue weighted by Gasteiger charge is 2.65. The van der Waals surface area contributed by atoms with E-state index in [0.29, 0.717) is 6.54 Å². The third kappa shape index (κ3) is 2.61. The highest BCUT2D eigenvalue weighted by molar-refractivity contribution is 5.91. The lowest BCUT2D eigenvalue weighted by atomic mass is 10.1. The minimum Gasteiger partial charge on any atom is -0.497 e. The van der Waals surface area contributed by atoms with Gasteiger partial charge in [0.15, 0.2) is 0 Å². The van der Waals surface area contributed by atoms with Crippen LogP contribution in [0, 0.1) is 17.3 Å². The summed E-state index contributed by atoms with van der Waals surface area (Å²) in [5.74, 6) is -1.37. The average molecular weight is 277 g/mol. The summed E-state index contributed by atoms with van der Waals surface area (Å²) in [6.07, 6.45) is 0. The van der Waals surface area contributed by atoms with Crippen LogP contribution in [0.15, 0.2) is 24.3 Å². The van der Waals surface area contributed by atoms with Crippen molar-refractivity contribution in [1.82, 2.24) is 5.32 Å². The Labute approximate surface area is 117 Å². The number of nitrogens with one attached hydrogen (secondary N) is 1. The van der Waals surface area contributed by atoms with E-state index in [1.54, 1.807) is 7.11 Å². The summed E-state index contributed by atoms with van der Waals surface area (Å²) >= 11 is 0. The Balaban J connectivity index is 1.91. The minimum atomic E-state index is -0.903. The second kappa shape index (κ2) is 5.15. The van der Waals surface area contributed by atoms with Crippen LogP contribution in [0.2, 0.25) is 0 Å². The quantitative estimate of drug-likeness (QED) is 0.858. The van der Waals surface area contributed by atoms with Crippen LogP contribution < -0.4 is 10.1 Å². The van der Waals surface area contributed by atoms with Crippen molar-refractivity contribution in [1.29, 1.82) is 0 Å². The molecule has 0 aromatic heterocycles. The van der Waals surface area contributed by atoms with Gasteiger partial charge in [0, 0.05) is 6.54 Å². The topological polar surface area (TPSA) is 75.6 Å². The van der Waals surface area contributed by atoms with E-state index >= 15 is 0 Å². The number of benzene rings is 1. The molecule has 108 valence electrons. The van der Waals surface area contributed by atoms with Crippen molar-refractivity contribution in [2.24, 2.45) is 17.3 Å². The average Bonchev–Trinajstić information content (AvgIpc) is 3.00. The number of rotatable bonds is 5. The first kappa shape index (κ1) is 14.4. The molecule has 1 aliphatic rings. The smallest absolute Gasteiger partial charge is 0.307 e. The Morgan fingerprint density at radius 1 is 1.25 bits per heavy atom. The largest absolute Gasteiger partial charge is 0.497 e. The third-order valence-electron chi connectivity index (χ3n) is 4.00. The van der Waals surface area contributed by atoms with Gasteiger partial charge < -0.3 is 15.2 Å². The van der Waals surface area contributed by atoms with Gasteiger partial charge in [-0.2, -0.15) is 0 Å². The van der Waals surface area contributed by atoms with Crippen molar-refractivity contribution in [3.05, 3.63) is 29.8 Å². The normalized spacial score (nSPS) is 22.9. The van der Waals surface area contributed by atoms with Crippen LogP contribution in [0.3, 0.4) is 0 Å². The van der Waals surface area contributed by atoms with Gasteiger partial charge in [-0.25, -0.2) is 0 Å². The molecule has 5 heteroatoms. The summed E-state index contributed by atoms with van der Waals surface area (Å²) < 4.78 is 5.06. The van der Waals surface area contributed by atoms with E-state index in [9.17, 15) is 9.59 Å². The Morgan fingerprint density at radius 3 is 2.30 bits per heavy atom. The predicted octanol–water partition coefficient (Wildman–Crippen LogP) is 1.67. The number of hydrogen-bond acceptors (Lipinski definition) is 3. The Morgan fingerprint density at radius 2 is 1.85 bits per heavy atom. The number of methoxy groups -OCH3 is 1. The highest BCUT2D eigenvalue weighted by Crippen LogP contribution is 2.58. The molecule has 0 bridgehead atoms. The molecule has 1 saturated carbocycles. The second-order valence-corrected chi connectivity index (χ2v) is 5.68. The molecular formula is C15H19NO4. The molecule has 1 amide bonds. The lowest BCUT2D eigenvalue weighted by molar-refractivity contribution is -0.140. The summed E-state index contributed by atoms with van der Waals surface area (Å²) in [5, 5.41) is 11.9. The Hall–Kier alpha value is -2.04. The van der Waals surface area contributed by atoms with E-state index < -0.39 is 23.2 Å². The van der Waals surface area contributed by atoms with E-state index in [4.69, 9.17) is 9.84 Å². The van der Waals surface area contributed by atoms with Crippen molar-refractivity contribution in [3.63, 3.8) is 0 Å². The molecule has 0 radical (unpaired) electrons. The van der Waals surface area contributed by atoms with Crippen LogP contribution in [0.1, 0.15) is 19.4 Å². The molecule has 1 aromatic carbocycles. The van der Waals surface area contributed by atoms with Crippen molar-refractivity contribution in [2.45, 2.75) is 20.4 Å². The number of carboxylic acids is 1. The van der Waals surface area contributed by atoms with Gasteiger partial charge in [0.1, 0.15) is 5.75 Å². The summed E-state index contributed by atoms with van der Waals surface area (Å²) in [6, 6.07) is 7.38. The first-order chi connectivity index (χ1) is 9.37. The number of aliphatic carboxylic acids is 1. The molecule has 2 rings (SSSR count). The van der Waals surface area contributed by atoms with E-state index in [-0.39, 0.29) is 5.91 Å². The molecule has 5 nitrogen and oxygen atoms in total. The second-order valence-electron chi connectivity index (χ2n) is 5.68. The van der Waals surface area contributed by atoms with Crippen LogP contribution in [0.4, 0.5) is 0 Å². The Kier molecular flexibility index (Phi) is 3.70. The molecule has 0 saturated heterocycles. The standard InChI is InChI=1S/C15H19NO4/c1-15(2)11(12(15)14(18)19)13(17)16-8-9-4-6-10(20-3)7-5-9/h4-7,11-12H,8H2,1-3H3,(H,16,17)(H,18,19). The fourth-order valence-corrected chi connectivity index (χ4v) is 2.63. The van der Waals surface area contributed by atoms with Crippen LogP contribution in [0.5, 0.6) is 5.75 Å². The molecule has 2 atom stereocenters. The summed E-state index contributed by atoms with van der Waals surface area (Å²) in [5.41, 5.74) is 0.486. The molecule has 0 heterocycles. The molecule has 1 aliphatic carbocycles. The molecule has 2 unspecified atom stereocenters. The maximum absolute atomic E-state index is 12.0. The predicted molar refractivity (Wildman–Crippen MR) is 73.2 cm³/mol. The fourth-order valence-electron chi connectivity index (χ4n) is 2.63. The zero-order valence-electron chi connectivity index (χ0n) is 11.8. The maximum Gasteiger partial charge on any atom is 0.307 e. The maximum atomic E-state index is 12.0. The third-order valence-corrected chi connectivity index (χ3v) is 4.00. The van der Waals surface area contributed by atoms with Crippen LogP contribution in [0.25, 0.3) is 0 Å². The van der Waals surface area contributed by atoms with Crippen molar-refractivity contribution >= 4 is 11.9 Å². The Bertz CT molecular complexity index is 521. The molecule has 0 aliphatic heterocycles. The van der Waals surface area contributed by atoms with Gasteiger partial charge in [-0.1, -0.05) is 26.0 Å². The summed E-state index contributed by atoms with van der Waals surface area (Å²) in [4.78, 5) is 23.1. The van der Waals surface area contributed by atoms with Crippen molar-refractivity contribution < 1.29 is 19.4 Å². The zero-order valence-corrected chi connectivity index (χ0v) is 11.8. The van der Waals surface area contributed by atoms with E-state index in [1.807, 2.05) is 38.1 Å². The van der Waals surface area contributed by atoms with E-state index in [0.717, 1.165) is 11.3 Å². The number of carbonyl (C=O) groups excluding carboxylic acids is 1. The number of carboxylic acid groups (broad SMARTS) is 1. The van der Waals surface area contributed by atoms with E-state index in [2.05, 4.69) is 5.32 Å². The zero-order chi connectivity index (χ0) is 14.9. The molecule has 1 aromatic rings. The van der Waals surface area contributed by atoms with E-state index in [1.165, 1.54) is 0 Å². The molecule has 0 spiro atoms. The number of ether oxygens (including phenoxy) is 1. The van der Waals surface area contributed by atoms with Gasteiger partial charge in [-0.3, -0.25) is 9.59 Å². The molecule has 20 heavy (non-hydrogen) atoms. The first-order valence-electron chi connectivity index (χ1n) is 6.51. The van der Waals surface area contributed by atoms with Gasteiger partial charge >= 0.3 is 5.97 Å². The van der Waals surface area contributed by atoms with Gasteiger partial charge in [-0.05, 0) is 23.1 Å². The van der Waals surface area contributed by atoms with Gasteiger partial charge in [0.25, 0.3) is 0 Å². The lowest BCUT2D eigenvalue weighted by Crippen LogP contribution is -2.26. The van der Waals surface area contributed by atoms with Crippen molar-refractivity contribution in [2.75, 3.05) is 7.11 Å². The van der Waals surface area contributed by atoms with Crippen LogP contribution >= 0.6 is 0 Å². The molecular weight excluding hydrogens is 258 g/mol. The van der Waals surface area contributed by atoms with Crippen LogP contribution in [-0.2, 0) is 16.1 Å². The summed E-state index contributed by atoms with van der Waals surface area (Å²) in [6.45, 7) is 4.01. The highest BCUT2D eigenvalue weighted by atomic mass is 16.5. The SMILES string of the molecule is COc1ccc(CNC(=O)C2C(C(=O)O)C2(C)C)cc1. The van der Waals surface area contributed by atoms with Gasteiger partial charge in [0.05, 0.1) is 18.9 Å². The lowest BCUT2D eigenvalue weighted by Gasteiger charge is -2.07. The molecule has 2 N–H and O–H groups in total.